The van der Waals surface area contributed by atoms with Gasteiger partial charge >= 0.3 is 0 Å². The van der Waals surface area contributed by atoms with Crippen LogP contribution in [0.15, 0.2) is 42.9 Å². The molecule has 7 nitrogen and oxygen atoms in total. The first kappa shape index (κ1) is 15.7. The van der Waals surface area contributed by atoms with Crippen LogP contribution in [0.2, 0.25) is 0 Å². The van der Waals surface area contributed by atoms with Gasteiger partial charge in [-0.15, -0.1) is 0 Å². The number of hydrogen-bond acceptors (Lipinski definition) is 5. The number of likely N-dealkylation sites (tertiary alicyclic amines) is 1. The zero-order valence-electron chi connectivity index (χ0n) is 13.8. The van der Waals surface area contributed by atoms with Crippen molar-refractivity contribution in [2.75, 3.05) is 13.1 Å². The molecule has 4 heterocycles. The maximum atomic E-state index is 12.6. The molecule has 0 aromatic carbocycles. The second-order valence-electron chi connectivity index (χ2n) is 6.17. The number of nitrogens with one attached hydrogen (secondary N) is 1. The molecule has 25 heavy (non-hydrogen) atoms. The van der Waals surface area contributed by atoms with E-state index in [1.54, 1.807) is 18.5 Å². The van der Waals surface area contributed by atoms with Crippen molar-refractivity contribution in [3.05, 3.63) is 54.1 Å². The number of ether oxygens (including phenoxy) is 1. The van der Waals surface area contributed by atoms with Crippen LogP contribution in [0.1, 0.15) is 28.9 Å². The van der Waals surface area contributed by atoms with Crippen molar-refractivity contribution < 1.29 is 9.53 Å². The van der Waals surface area contributed by atoms with Crippen LogP contribution in [-0.4, -0.2) is 50.2 Å². The van der Waals surface area contributed by atoms with Crippen LogP contribution >= 0.6 is 0 Å². The van der Waals surface area contributed by atoms with E-state index in [1.165, 1.54) is 0 Å². The SMILES string of the molecule is O=C(c1ccc2cn[nH]c2n1)N1CCC(OCc2cccnc2)CC1. The number of piperidine rings is 1. The van der Waals surface area contributed by atoms with Gasteiger partial charge in [0.25, 0.3) is 5.91 Å². The van der Waals surface area contributed by atoms with Crippen molar-refractivity contribution in [2.45, 2.75) is 25.6 Å². The molecule has 3 aromatic heterocycles. The Labute approximate surface area is 145 Å². The molecule has 0 unspecified atom stereocenters. The molecule has 1 fully saturated rings. The summed E-state index contributed by atoms with van der Waals surface area (Å²) >= 11 is 0. The predicted octanol–water partition coefficient (Wildman–Crippen LogP) is 2.17. The normalized spacial score (nSPS) is 15.6. The molecule has 0 bridgehead atoms. The molecule has 7 heteroatoms. The van der Waals surface area contributed by atoms with E-state index in [0.29, 0.717) is 31.0 Å². The first-order valence-electron chi connectivity index (χ1n) is 8.39. The molecule has 0 radical (unpaired) electrons. The van der Waals surface area contributed by atoms with Crippen molar-refractivity contribution in [2.24, 2.45) is 0 Å². The number of aromatic amines is 1. The molecule has 0 atom stereocenters. The fourth-order valence-corrected chi connectivity index (χ4v) is 3.03. The molecule has 1 aliphatic rings. The van der Waals surface area contributed by atoms with Gasteiger partial charge < -0.3 is 9.64 Å². The Hall–Kier alpha value is -2.80. The number of hydrogen-bond donors (Lipinski definition) is 1. The minimum atomic E-state index is -0.0396. The number of amides is 1. The molecule has 1 N–H and O–H groups in total. The Morgan fingerprint density at radius 2 is 2.12 bits per heavy atom. The smallest absolute Gasteiger partial charge is 0.272 e. The number of aromatic nitrogens is 4. The summed E-state index contributed by atoms with van der Waals surface area (Å²) in [6.45, 7) is 1.92. The van der Waals surface area contributed by atoms with Gasteiger partial charge in [0, 0.05) is 30.9 Å². The second-order valence-corrected chi connectivity index (χ2v) is 6.17. The monoisotopic (exact) mass is 337 g/mol. The van der Waals surface area contributed by atoms with E-state index in [4.69, 9.17) is 4.74 Å². The lowest BCUT2D eigenvalue weighted by atomic mass is 10.1. The minimum absolute atomic E-state index is 0.0396. The van der Waals surface area contributed by atoms with Gasteiger partial charge in [0.15, 0.2) is 5.65 Å². The van der Waals surface area contributed by atoms with Crippen LogP contribution in [0.4, 0.5) is 0 Å². The van der Waals surface area contributed by atoms with Crippen molar-refractivity contribution >= 4 is 16.9 Å². The molecule has 1 saturated heterocycles. The Bertz CT molecular complexity index is 856. The van der Waals surface area contributed by atoms with E-state index in [0.717, 1.165) is 23.8 Å². The molecule has 0 spiro atoms. The Balaban J connectivity index is 1.32. The average Bonchev–Trinajstić information content (AvgIpc) is 3.15. The number of rotatable bonds is 4. The number of carbonyl (C=O) groups excluding carboxylic acids is 1. The van der Waals surface area contributed by atoms with Gasteiger partial charge in [0.05, 0.1) is 18.9 Å². The molecular weight excluding hydrogens is 318 g/mol. The summed E-state index contributed by atoms with van der Waals surface area (Å²) in [6.07, 6.45) is 7.10. The third-order valence-corrected chi connectivity index (χ3v) is 4.46. The maximum Gasteiger partial charge on any atom is 0.272 e. The lowest BCUT2D eigenvalue weighted by Gasteiger charge is -2.31. The maximum absolute atomic E-state index is 12.6. The number of carbonyl (C=O) groups is 1. The summed E-state index contributed by atoms with van der Waals surface area (Å²) in [5, 5.41) is 7.64. The van der Waals surface area contributed by atoms with Crippen LogP contribution in [0.5, 0.6) is 0 Å². The molecular formula is C18H19N5O2. The van der Waals surface area contributed by atoms with Gasteiger partial charge in [-0.2, -0.15) is 5.10 Å². The van der Waals surface area contributed by atoms with Gasteiger partial charge in [-0.25, -0.2) is 4.98 Å². The Morgan fingerprint density at radius 3 is 2.92 bits per heavy atom. The first-order chi connectivity index (χ1) is 12.3. The Morgan fingerprint density at radius 1 is 1.24 bits per heavy atom. The fraction of sp³-hybridized carbons (Fsp3) is 0.333. The third kappa shape index (κ3) is 3.51. The zero-order chi connectivity index (χ0) is 17.1. The summed E-state index contributed by atoms with van der Waals surface area (Å²) in [4.78, 5) is 22.9. The number of pyridine rings is 2. The quantitative estimate of drug-likeness (QED) is 0.789. The van der Waals surface area contributed by atoms with E-state index >= 15 is 0 Å². The highest BCUT2D eigenvalue weighted by Gasteiger charge is 2.25. The largest absolute Gasteiger partial charge is 0.373 e. The highest BCUT2D eigenvalue weighted by atomic mass is 16.5. The van der Waals surface area contributed by atoms with Crippen molar-refractivity contribution in [3.63, 3.8) is 0 Å². The molecule has 3 aromatic rings. The zero-order valence-corrected chi connectivity index (χ0v) is 13.8. The van der Waals surface area contributed by atoms with Crippen LogP contribution in [0.25, 0.3) is 11.0 Å². The van der Waals surface area contributed by atoms with E-state index in [9.17, 15) is 4.79 Å². The number of fused-ring (bicyclic) bond motifs is 1. The van der Waals surface area contributed by atoms with Crippen LogP contribution in [0.3, 0.4) is 0 Å². The summed E-state index contributed by atoms with van der Waals surface area (Å²) in [6, 6.07) is 7.53. The highest BCUT2D eigenvalue weighted by molar-refractivity contribution is 5.94. The predicted molar refractivity (Wildman–Crippen MR) is 91.8 cm³/mol. The lowest BCUT2D eigenvalue weighted by Crippen LogP contribution is -2.41. The summed E-state index contributed by atoms with van der Waals surface area (Å²) < 4.78 is 5.94. The van der Waals surface area contributed by atoms with Gasteiger partial charge in [0.1, 0.15) is 5.69 Å². The Kier molecular flexibility index (Phi) is 4.39. The van der Waals surface area contributed by atoms with Gasteiger partial charge in [-0.1, -0.05) is 6.07 Å². The molecule has 1 amide bonds. The topological polar surface area (TPSA) is 84.0 Å². The van der Waals surface area contributed by atoms with Gasteiger partial charge in [-0.05, 0) is 36.6 Å². The lowest BCUT2D eigenvalue weighted by molar-refractivity contribution is -0.000589. The van der Waals surface area contributed by atoms with Crippen molar-refractivity contribution in [1.82, 2.24) is 25.1 Å². The van der Waals surface area contributed by atoms with E-state index in [-0.39, 0.29) is 12.0 Å². The minimum Gasteiger partial charge on any atom is -0.373 e. The average molecular weight is 337 g/mol. The summed E-state index contributed by atoms with van der Waals surface area (Å²) in [5.41, 5.74) is 2.16. The van der Waals surface area contributed by atoms with E-state index in [2.05, 4.69) is 20.2 Å². The molecule has 0 aliphatic carbocycles. The highest BCUT2D eigenvalue weighted by Crippen LogP contribution is 2.18. The van der Waals surface area contributed by atoms with E-state index in [1.807, 2.05) is 29.3 Å². The third-order valence-electron chi connectivity index (χ3n) is 4.46. The van der Waals surface area contributed by atoms with Gasteiger partial charge in [-0.3, -0.25) is 14.9 Å². The standard InChI is InChI=1S/C18H19N5O2/c24-18(16-4-3-14-11-20-22-17(14)21-16)23-8-5-15(6-9-23)25-12-13-2-1-7-19-10-13/h1-4,7,10-11,15H,5-6,8-9,12H2,(H,20,21,22). The van der Waals surface area contributed by atoms with Crippen LogP contribution in [0, 0.1) is 0 Å². The van der Waals surface area contributed by atoms with Crippen LogP contribution in [-0.2, 0) is 11.3 Å². The van der Waals surface area contributed by atoms with Crippen molar-refractivity contribution in [1.29, 1.82) is 0 Å². The molecule has 128 valence electrons. The molecule has 1 aliphatic heterocycles. The number of H-pyrrole nitrogens is 1. The fourth-order valence-electron chi connectivity index (χ4n) is 3.03. The molecule has 0 saturated carbocycles. The first-order valence-corrected chi connectivity index (χ1v) is 8.39. The summed E-state index contributed by atoms with van der Waals surface area (Å²) in [7, 11) is 0. The van der Waals surface area contributed by atoms with E-state index < -0.39 is 0 Å². The van der Waals surface area contributed by atoms with Gasteiger partial charge in [0.2, 0.25) is 0 Å². The number of nitrogens with zero attached hydrogens (tertiary/aromatic N) is 4. The second kappa shape index (κ2) is 6.98. The van der Waals surface area contributed by atoms with Crippen LogP contribution < -0.4 is 0 Å². The summed E-state index contributed by atoms with van der Waals surface area (Å²) in [5.74, 6) is -0.0396. The molecule has 4 rings (SSSR count). The van der Waals surface area contributed by atoms with Crippen molar-refractivity contribution in [3.8, 4) is 0 Å².